The van der Waals surface area contributed by atoms with E-state index in [1.807, 2.05) is 35.1 Å². The predicted molar refractivity (Wildman–Crippen MR) is 129 cm³/mol. The quantitative estimate of drug-likeness (QED) is 0.558. The summed E-state index contributed by atoms with van der Waals surface area (Å²) in [6.07, 6.45) is 4.67. The Balaban J connectivity index is 1.50. The van der Waals surface area contributed by atoms with Crippen molar-refractivity contribution in [3.63, 3.8) is 0 Å². The first-order chi connectivity index (χ1) is 16.4. The molecule has 10 nitrogen and oxygen atoms in total. The maximum atomic E-state index is 11.9. The van der Waals surface area contributed by atoms with E-state index >= 15 is 0 Å². The summed E-state index contributed by atoms with van der Waals surface area (Å²) in [6.45, 7) is 4.43. The third-order valence-electron chi connectivity index (χ3n) is 6.64. The number of nitrogens with zero attached hydrogens (tertiary/aromatic N) is 6. The molecular weight excluding hydrogens is 456 g/mol. The fourth-order valence-corrected chi connectivity index (χ4v) is 5.56. The lowest BCUT2D eigenvalue weighted by Crippen LogP contribution is -2.38. The molecule has 1 aromatic carbocycles. The van der Waals surface area contributed by atoms with Crippen LogP contribution in [-0.4, -0.2) is 83.2 Å². The van der Waals surface area contributed by atoms with Crippen molar-refractivity contribution in [3.8, 4) is 11.3 Å². The van der Waals surface area contributed by atoms with Gasteiger partial charge < -0.3 is 14.7 Å². The molecule has 182 valence electrons. The van der Waals surface area contributed by atoms with Crippen LogP contribution < -0.4 is 4.90 Å². The summed E-state index contributed by atoms with van der Waals surface area (Å²) in [6, 6.07) is 7.74. The summed E-state index contributed by atoms with van der Waals surface area (Å²) in [7, 11) is -3.15. The third kappa shape index (κ3) is 4.78. The molecule has 0 radical (unpaired) electrons. The molecule has 2 aliphatic rings. The molecule has 0 amide bonds. The van der Waals surface area contributed by atoms with Crippen molar-refractivity contribution < 1.29 is 18.3 Å². The minimum atomic E-state index is -3.15. The molecule has 0 unspecified atom stereocenters. The predicted octanol–water partition coefficient (Wildman–Crippen LogP) is 1.49. The van der Waals surface area contributed by atoms with Crippen LogP contribution in [0.3, 0.4) is 0 Å². The highest BCUT2D eigenvalue weighted by atomic mass is 32.2. The maximum absolute atomic E-state index is 11.9. The van der Waals surface area contributed by atoms with Gasteiger partial charge in [-0.25, -0.2) is 22.4 Å². The van der Waals surface area contributed by atoms with Gasteiger partial charge >= 0.3 is 0 Å². The molecule has 1 N–H and O–H groups in total. The first kappa shape index (κ1) is 23.2. The molecule has 34 heavy (non-hydrogen) atoms. The van der Waals surface area contributed by atoms with Gasteiger partial charge in [0.1, 0.15) is 0 Å². The van der Waals surface area contributed by atoms with E-state index in [0.29, 0.717) is 44.7 Å². The smallest absolute Gasteiger partial charge is 0.228 e. The average Bonchev–Trinajstić information content (AvgIpc) is 3.26. The van der Waals surface area contributed by atoms with Crippen LogP contribution in [0.5, 0.6) is 0 Å². The molecule has 0 bridgehead atoms. The molecule has 3 aromatic rings. The van der Waals surface area contributed by atoms with Crippen molar-refractivity contribution in [2.75, 3.05) is 50.5 Å². The summed E-state index contributed by atoms with van der Waals surface area (Å²) in [5, 5.41) is 15.1. The van der Waals surface area contributed by atoms with Crippen LogP contribution in [0.4, 0.5) is 5.95 Å². The Labute approximate surface area is 199 Å². The van der Waals surface area contributed by atoms with Gasteiger partial charge in [0.2, 0.25) is 16.0 Å². The topological polar surface area (TPSA) is 114 Å². The van der Waals surface area contributed by atoms with E-state index in [9.17, 15) is 13.5 Å². The van der Waals surface area contributed by atoms with Gasteiger partial charge in [0.05, 0.1) is 43.4 Å². The number of benzene rings is 1. The lowest BCUT2D eigenvalue weighted by atomic mass is 9.98. The second-order valence-corrected chi connectivity index (χ2v) is 11.0. The minimum Gasteiger partial charge on any atom is -0.392 e. The Hall–Kier alpha value is -2.60. The van der Waals surface area contributed by atoms with Gasteiger partial charge in [-0.15, -0.1) is 0 Å². The number of morpholine rings is 1. The Morgan fingerprint density at radius 2 is 1.88 bits per heavy atom. The van der Waals surface area contributed by atoms with Crippen LogP contribution in [-0.2, 0) is 27.9 Å². The number of anilines is 1. The van der Waals surface area contributed by atoms with E-state index in [-0.39, 0.29) is 6.61 Å². The van der Waals surface area contributed by atoms with Gasteiger partial charge in [-0.2, -0.15) is 10.1 Å². The zero-order valence-corrected chi connectivity index (χ0v) is 20.1. The first-order valence-corrected chi connectivity index (χ1v) is 13.5. The van der Waals surface area contributed by atoms with Crippen molar-refractivity contribution in [1.82, 2.24) is 24.1 Å². The summed E-state index contributed by atoms with van der Waals surface area (Å²) in [5.41, 5.74) is 3.29. The molecule has 4 heterocycles. The van der Waals surface area contributed by atoms with Gasteiger partial charge in [0.25, 0.3) is 0 Å². The number of ether oxygens (including phenoxy) is 1. The number of hydrogen-bond acceptors (Lipinski definition) is 8. The molecule has 0 atom stereocenters. The highest BCUT2D eigenvalue weighted by Gasteiger charge is 2.26. The van der Waals surface area contributed by atoms with E-state index in [4.69, 9.17) is 14.7 Å². The zero-order chi connectivity index (χ0) is 23.7. The summed E-state index contributed by atoms with van der Waals surface area (Å²) in [5.74, 6) is 0.970. The molecule has 0 saturated carbocycles. The van der Waals surface area contributed by atoms with Gasteiger partial charge in [-0.05, 0) is 30.4 Å². The number of aromatic nitrogens is 4. The Morgan fingerprint density at radius 1 is 1.12 bits per heavy atom. The van der Waals surface area contributed by atoms with Crippen LogP contribution in [0, 0.1) is 5.92 Å². The number of rotatable bonds is 6. The molecule has 5 rings (SSSR count). The van der Waals surface area contributed by atoms with Crippen molar-refractivity contribution in [3.05, 3.63) is 36.0 Å². The van der Waals surface area contributed by atoms with Crippen molar-refractivity contribution >= 4 is 27.0 Å². The van der Waals surface area contributed by atoms with Crippen molar-refractivity contribution in [2.24, 2.45) is 5.92 Å². The van der Waals surface area contributed by atoms with Gasteiger partial charge in [-0.1, -0.05) is 18.2 Å². The van der Waals surface area contributed by atoms with Crippen molar-refractivity contribution in [2.45, 2.75) is 26.0 Å². The average molecular weight is 487 g/mol. The lowest BCUT2D eigenvalue weighted by Gasteiger charge is -2.30. The standard InChI is InChI=1S/C23H30N6O4S/c1-34(31,32)28-7-5-17(6-8-28)15-29-22-20(14-24-29)21(19-4-2-3-18(13-19)16-30)25-23(26-22)27-9-11-33-12-10-27/h2-4,13-14,17,30H,5-12,15-16H2,1H3. The van der Waals surface area contributed by atoms with Crippen LogP contribution in [0.25, 0.3) is 22.3 Å². The highest BCUT2D eigenvalue weighted by molar-refractivity contribution is 7.88. The Morgan fingerprint density at radius 3 is 2.59 bits per heavy atom. The Kier molecular flexibility index (Phi) is 6.52. The highest BCUT2D eigenvalue weighted by Crippen LogP contribution is 2.30. The largest absolute Gasteiger partial charge is 0.392 e. The SMILES string of the molecule is CS(=O)(=O)N1CCC(Cn2ncc3c(-c4cccc(CO)c4)nc(N4CCOCC4)nc32)CC1. The zero-order valence-electron chi connectivity index (χ0n) is 19.3. The minimum absolute atomic E-state index is 0.0379. The van der Waals surface area contributed by atoms with Gasteiger partial charge in [-0.3, -0.25) is 0 Å². The van der Waals surface area contributed by atoms with Crippen LogP contribution in [0.2, 0.25) is 0 Å². The molecule has 2 aromatic heterocycles. The van der Waals surface area contributed by atoms with Crippen molar-refractivity contribution in [1.29, 1.82) is 0 Å². The number of hydrogen-bond donors (Lipinski definition) is 1. The molecule has 11 heteroatoms. The molecular formula is C23H30N6O4S. The fraction of sp³-hybridized carbons (Fsp3) is 0.522. The second kappa shape index (κ2) is 9.57. The van der Waals surface area contributed by atoms with Crippen LogP contribution in [0.1, 0.15) is 18.4 Å². The van der Waals surface area contributed by atoms with E-state index < -0.39 is 10.0 Å². The molecule has 0 spiro atoms. The van der Waals surface area contributed by atoms with Gasteiger partial charge in [0.15, 0.2) is 5.65 Å². The van der Waals surface area contributed by atoms with E-state index in [1.165, 1.54) is 6.26 Å². The second-order valence-electron chi connectivity index (χ2n) is 9.00. The lowest BCUT2D eigenvalue weighted by molar-refractivity contribution is 0.122. The number of aliphatic hydroxyl groups excluding tert-OH is 1. The number of sulfonamides is 1. The van der Waals surface area contributed by atoms with Crippen LogP contribution in [0.15, 0.2) is 30.5 Å². The summed E-state index contributed by atoms with van der Waals surface area (Å²) < 4.78 is 32.7. The summed E-state index contributed by atoms with van der Waals surface area (Å²) in [4.78, 5) is 12.0. The van der Waals surface area contributed by atoms with E-state index in [1.54, 1.807) is 4.31 Å². The van der Waals surface area contributed by atoms with E-state index in [2.05, 4.69) is 10.00 Å². The van der Waals surface area contributed by atoms with Crippen LogP contribution >= 0.6 is 0 Å². The summed E-state index contributed by atoms with van der Waals surface area (Å²) >= 11 is 0. The first-order valence-electron chi connectivity index (χ1n) is 11.6. The molecule has 2 fully saturated rings. The number of aliphatic hydroxyl groups is 1. The monoisotopic (exact) mass is 486 g/mol. The van der Waals surface area contributed by atoms with E-state index in [0.717, 1.165) is 53.8 Å². The third-order valence-corrected chi connectivity index (χ3v) is 7.94. The molecule has 2 aliphatic heterocycles. The number of fused-ring (bicyclic) bond motifs is 1. The normalized spacial score (nSPS) is 18.6. The molecule has 0 aliphatic carbocycles. The number of piperidine rings is 1. The maximum Gasteiger partial charge on any atom is 0.228 e. The molecule has 2 saturated heterocycles. The van der Waals surface area contributed by atoms with Gasteiger partial charge in [0, 0.05) is 38.3 Å². The fourth-order valence-electron chi connectivity index (χ4n) is 4.69. The Bertz CT molecular complexity index is 1260.